The number of benzene rings is 3. The van der Waals surface area contributed by atoms with Gasteiger partial charge in [0.15, 0.2) is 0 Å². The van der Waals surface area contributed by atoms with Crippen molar-refractivity contribution in [2.75, 3.05) is 6.61 Å². The zero-order chi connectivity index (χ0) is 23.0. The van der Waals surface area contributed by atoms with E-state index in [2.05, 4.69) is 17.9 Å². The Kier molecular flexibility index (Phi) is 5.99. The van der Waals surface area contributed by atoms with Crippen molar-refractivity contribution in [2.24, 2.45) is 0 Å². The normalized spacial score (nSPS) is 12.9. The Labute approximate surface area is 190 Å². The van der Waals surface area contributed by atoms with Crippen molar-refractivity contribution in [3.05, 3.63) is 82.4 Å². The number of carbonyl (C=O) groups is 1. The minimum atomic E-state index is -5.18. The van der Waals surface area contributed by atoms with Gasteiger partial charge in [0.2, 0.25) is 0 Å². The van der Waals surface area contributed by atoms with Crippen LogP contribution in [0.4, 0.5) is 17.7 Å². The number of amides is 1. The van der Waals surface area contributed by atoms with Crippen LogP contribution in [-0.4, -0.2) is 19.7 Å². The van der Waals surface area contributed by atoms with Gasteiger partial charge in [0.1, 0.15) is 6.61 Å². The molecule has 32 heavy (non-hydrogen) atoms. The third kappa shape index (κ3) is 4.11. The standard InChI is InChI=1S/C24H22BF3NO2S/c1-14-16(11-22(25(26,27)28)15(2)23(14)32)12-29-24(30)31-13-21-19-9-5-3-7-17(19)18-8-4-6-10-20(18)21/h3-11,21,32H,12-13H2,1-2H3,(H,29,30)/q-1. The average Bonchev–Trinajstić information content (AvgIpc) is 3.08. The molecule has 0 aliphatic heterocycles. The highest BCUT2D eigenvalue weighted by atomic mass is 32.1. The largest absolute Gasteiger partial charge is 0.509 e. The summed E-state index contributed by atoms with van der Waals surface area (Å²) in [7, 11) is 0. The first-order chi connectivity index (χ1) is 15.2. The van der Waals surface area contributed by atoms with E-state index in [0.717, 1.165) is 28.3 Å². The van der Waals surface area contributed by atoms with E-state index < -0.39 is 18.5 Å². The predicted octanol–water partition coefficient (Wildman–Crippen LogP) is 5.69. The van der Waals surface area contributed by atoms with Crippen molar-refractivity contribution in [1.82, 2.24) is 5.32 Å². The summed E-state index contributed by atoms with van der Waals surface area (Å²) in [6, 6.07) is 17.1. The summed E-state index contributed by atoms with van der Waals surface area (Å²) in [5.41, 5.74) is 4.80. The smallest absolute Gasteiger partial charge is 0.449 e. The van der Waals surface area contributed by atoms with Gasteiger partial charge in [-0.1, -0.05) is 60.2 Å². The van der Waals surface area contributed by atoms with E-state index in [1.807, 2.05) is 48.5 Å². The zero-order valence-electron chi connectivity index (χ0n) is 17.7. The van der Waals surface area contributed by atoms with Crippen molar-refractivity contribution >= 4 is 31.2 Å². The highest BCUT2D eigenvalue weighted by molar-refractivity contribution is 7.80. The third-order valence-electron chi connectivity index (χ3n) is 6.07. The molecule has 1 aliphatic carbocycles. The molecular formula is C24H22BF3NO2S-. The molecule has 1 aliphatic rings. The molecule has 3 aromatic carbocycles. The summed E-state index contributed by atoms with van der Waals surface area (Å²) < 4.78 is 45.6. The molecule has 1 N–H and O–H groups in total. The lowest BCUT2D eigenvalue weighted by Crippen LogP contribution is -2.37. The highest BCUT2D eigenvalue weighted by Gasteiger charge is 2.30. The number of thiol groups is 1. The van der Waals surface area contributed by atoms with E-state index >= 15 is 0 Å². The van der Waals surface area contributed by atoms with Crippen molar-refractivity contribution in [3.8, 4) is 11.1 Å². The number of alkyl carbamates (subject to hydrolysis) is 1. The quantitative estimate of drug-likeness (QED) is 0.383. The van der Waals surface area contributed by atoms with Crippen LogP contribution < -0.4 is 10.8 Å². The second-order valence-corrected chi connectivity index (χ2v) is 8.42. The molecule has 0 unspecified atom stereocenters. The van der Waals surface area contributed by atoms with Gasteiger partial charge in [-0.05, 0) is 47.2 Å². The van der Waals surface area contributed by atoms with Crippen LogP contribution in [0.3, 0.4) is 0 Å². The molecule has 1 amide bonds. The summed E-state index contributed by atoms with van der Waals surface area (Å²) in [6.07, 6.45) is -0.674. The molecule has 166 valence electrons. The first-order valence-electron chi connectivity index (χ1n) is 10.3. The topological polar surface area (TPSA) is 38.3 Å². The van der Waals surface area contributed by atoms with E-state index in [4.69, 9.17) is 4.74 Å². The predicted molar refractivity (Wildman–Crippen MR) is 124 cm³/mol. The van der Waals surface area contributed by atoms with Crippen molar-refractivity contribution in [2.45, 2.75) is 31.2 Å². The second-order valence-electron chi connectivity index (χ2n) is 7.98. The first kappa shape index (κ1) is 22.3. The van der Waals surface area contributed by atoms with E-state index in [9.17, 15) is 17.7 Å². The minimum Gasteiger partial charge on any atom is -0.449 e. The van der Waals surface area contributed by atoms with Gasteiger partial charge >= 0.3 is 13.1 Å². The number of halogens is 3. The number of fused-ring (bicyclic) bond motifs is 3. The summed E-state index contributed by atoms with van der Waals surface area (Å²) in [6.45, 7) is -2.01. The molecule has 0 spiro atoms. The summed E-state index contributed by atoms with van der Waals surface area (Å²) in [4.78, 5) is 12.7. The number of hydrogen-bond acceptors (Lipinski definition) is 3. The van der Waals surface area contributed by atoms with Crippen LogP contribution >= 0.6 is 12.6 Å². The van der Waals surface area contributed by atoms with Crippen molar-refractivity contribution < 1.29 is 22.5 Å². The van der Waals surface area contributed by atoms with E-state index in [0.29, 0.717) is 11.1 Å². The summed E-state index contributed by atoms with van der Waals surface area (Å²) in [5.74, 6) is -0.0853. The molecule has 0 saturated carbocycles. The maximum absolute atomic E-state index is 13.4. The molecule has 0 fully saturated rings. The lowest BCUT2D eigenvalue weighted by atomic mass is 9.75. The number of ether oxygens (including phenoxy) is 1. The SMILES string of the molecule is Cc1c(CNC(=O)OCC2c3ccccc3-c3ccccc32)cc([B-](F)(F)F)c(C)c1S. The van der Waals surface area contributed by atoms with Crippen LogP contribution in [0.5, 0.6) is 0 Å². The fraction of sp³-hybridized carbons (Fsp3) is 0.208. The van der Waals surface area contributed by atoms with Gasteiger partial charge in [-0.3, -0.25) is 0 Å². The third-order valence-corrected chi connectivity index (χ3v) is 6.75. The minimum absolute atomic E-state index is 0.0739. The van der Waals surface area contributed by atoms with Gasteiger partial charge in [-0.25, -0.2) is 4.79 Å². The molecule has 0 aromatic heterocycles. The zero-order valence-corrected chi connectivity index (χ0v) is 18.6. The van der Waals surface area contributed by atoms with E-state index in [1.54, 1.807) is 6.92 Å². The molecule has 0 saturated heterocycles. The van der Waals surface area contributed by atoms with Crippen LogP contribution in [0.2, 0.25) is 0 Å². The summed E-state index contributed by atoms with van der Waals surface area (Å²) in [5, 5.41) is 2.58. The molecule has 0 bridgehead atoms. The van der Waals surface area contributed by atoms with Crippen molar-refractivity contribution in [3.63, 3.8) is 0 Å². The van der Waals surface area contributed by atoms with Crippen molar-refractivity contribution in [1.29, 1.82) is 0 Å². The molecule has 4 rings (SSSR count). The molecule has 3 nitrogen and oxygen atoms in total. The Hall–Kier alpha value is -2.87. The number of nitrogens with one attached hydrogen (secondary N) is 1. The Morgan fingerprint density at radius 3 is 2.12 bits per heavy atom. The molecule has 0 atom stereocenters. The lowest BCUT2D eigenvalue weighted by molar-refractivity contribution is 0.142. The molecule has 8 heteroatoms. The Morgan fingerprint density at radius 1 is 1.00 bits per heavy atom. The van der Waals surface area contributed by atoms with Gasteiger partial charge < -0.3 is 23.0 Å². The van der Waals surface area contributed by atoms with E-state index in [-0.39, 0.29) is 29.5 Å². The molecule has 0 radical (unpaired) electrons. The average molecular weight is 456 g/mol. The maximum atomic E-state index is 13.4. The van der Waals surface area contributed by atoms with Crippen LogP contribution in [0.25, 0.3) is 11.1 Å². The van der Waals surface area contributed by atoms with Crippen LogP contribution in [0.15, 0.2) is 59.5 Å². The number of rotatable bonds is 5. The van der Waals surface area contributed by atoms with Crippen LogP contribution in [0.1, 0.15) is 33.7 Å². The number of hydrogen-bond donors (Lipinski definition) is 2. The Bertz CT molecular complexity index is 1150. The molecular weight excluding hydrogens is 434 g/mol. The van der Waals surface area contributed by atoms with Gasteiger partial charge in [-0.15, -0.1) is 18.1 Å². The monoisotopic (exact) mass is 456 g/mol. The van der Waals surface area contributed by atoms with Gasteiger partial charge in [0.05, 0.1) is 0 Å². The summed E-state index contributed by atoms with van der Waals surface area (Å²) >= 11 is 4.25. The van der Waals surface area contributed by atoms with Gasteiger partial charge in [0, 0.05) is 17.4 Å². The Morgan fingerprint density at radius 2 is 1.56 bits per heavy atom. The second kappa shape index (κ2) is 8.58. The number of carbonyl (C=O) groups excluding carboxylic acids is 1. The molecule has 0 heterocycles. The fourth-order valence-electron chi connectivity index (χ4n) is 4.31. The molecule has 3 aromatic rings. The Balaban J connectivity index is 1.46. The van der Waals surface area contributed by atoms with Crippen LogP contribution in [-0.2, 0) is 11.3 Å². The maximum Gasteiger partial charge on any atom is 0.509 e. The van der Waals surface area contributed by atoms with Gasteiger partial charge in [-0.2, -0.15) is 0 Å². The van der Waals surface area contributed by atoms with Gasteiger partial charge in [0.25, 0.3) is 0 Å². The fourth-order valence-corrected chi connectivity index (χ4v) is 4.59. The highest BCUT2D eigenvalue weighted by Crippen LogP contribution is 2.44. The van der Waals surface area contributed by atoms with E-state index in [1.165, 1.54) is 6.92 Å². The van der Waals surface area contributed by atoms with Crippen LogP contribution in [0, 0.1) is 13.8 Å². The lowest BCUT2D eigenvalue weighted by Gasteiger charge is -2.23. The first-order valence-corrected chi connectivity index (χ1v) is 10.7.